The van der Waals surface area contributed by atoms with E-state index in [9.17, 15) is 0 Å². The van der Waals surface area contributed by atoms with Crippen LogP contribution in [0.5, 0.6) is 0 Å². The summed E-state index contributed by atoms with van der Waals surface area (Å²) in [5.41, 5.74) is 13.4. The summed E-state index contributed by atoms with van der Waals surface area (Å²) < 4.78 is 4.74. The van der Waals surface area contributed by atoms with Crippen LogP contribution in [-0.2, 0) is 5.41 Å². The van der Waals surface area contributed by atoms with E-state index in [1.54, 1.807) is 0 Å². The Kier molecular flexibility index (Phi) is 4.95. The average molecular weight is 552 g/mol. The molecule has 0 N–H and O–H groups in total. The third kappa shape index (κ3) is 3.33. The summed E-state index contributed by atoms with van der Waals surface area (Å²) in [6.07, 6.45) is 0. The Morgan fingerprint density at radius 2 is 1.16 bits per heavy atom. The molecule has 204 valence electrons. The monoisotopic (exact) mass is 551 g/mol. The topological polar surface area (TPSA) is 22.8 Å². The van der Waals surface area contributed by atoms with Gasteiger partial charge in [-0.1, -0.05) is 111 Å². The van der Waals surface area contributed by atoms with Gasteiger partial charge in [0.05, 0.1) is 22.1 Å². The van der Waals surface area contributed by atoms with Crippen molar-refractivity contribution >= 4 is 32.8 Å². The Balaban J connectivity index is 1.30. The number of benzene rings is 6. The molecule has 0 aliphatic heterocycles. The molecule has 0 saturated heterocycles. The molecule has 1 aliphatic rings. The van der Waals surface area contributed by atoms with E-state index in [4.69, 9.17) is 4.98 Å². The first kappa shape index (κ1) is 24.2. The number of hydrogen-bond donors (Lipinski definition) is 0. The molecule has 0 atom stereocenters. The standard InChI is InChI=1S/C40H29N3/c1-40(2)32-16-8-6-15-31(32)37-33(40)25-24-30-29-14-7-10-18-35(29)42(38(30)37)27-20-22-28(23-21-27)43-36-19-11-9-17-34(36)41-39(43)26-12-4-3-5-13-26/h3-25H,1-2H3. The molecule has 9 rings (SSSR count). The van der Waals surface area contributed by atoms with E-state index in [0.717, 1.165) is 33.8 Å². The van der Waals surface area contributed by atoms with Gasteiger partial charge >= 0.3 is 0 Å². The zero-order chi connectivity index (χ0) is 28.7. The Labute approximate surface area is 250 Å². The van der Waals surface area contributed by atoms with Crippen LogP contribution in [0.2, 0.25) is 0 Å². The maximum Gasteiger partial charge on any atom is 0.145 e. The summed E-state index contributed by atoms with van der Waals surface area (Å²) in [6, 6.07) is 50.2. The predicted molar refractivity (Wildman–Crippen MR) is 178 cm³/mol. The molecule has 0 radical (unpaired) electrons. The number of rotatable bonds is 3. The molecule has 0 saturated carbocycles. The van der Waals surface area contributed by atoms with Gasteiger partial charge in [-0.15, -0.1) is 0 Å². The molecule has 8 aromatic rings. The fourth-order valence-electron chi connectivity index (χ4n) is 7.33. The molecule has 2 heterocycles. The molecular weight excluding hydrogens is 522 g/mol. The fraction of sp³-hybridized carbons (Fsp3) is 0.0750. The molecule has 6 aromatic carbocycles. The van der Waals surface area contributed by atoms with Gasteiger partial charge in [-0.05, 0) is 59.2 Å². The van der Waals surface area contributed by atoms with Crippen LogP contribution in [0.15, 0.2) is 140 Å². The molecule has 3 heteroatoms. The second-order valence-corrected chi connectivity index (χ2v) is 12.0. The van der Waals surface area contributed by atoms with Crippen LogP contribution in [0, 0.1) is 0 Å². The molecule has 0 amide bonds. The maximum atomic E-state index is 5.05. The van der Waals surface area contributed by atoms with E-state index < -0.39 is 0 Å². The molecule has 0 unspecified atom stereocenters. The SMILES string of the molecule is CC1(C)c2ccccc2-c2c1ccc1c3ccccc3n(-c3ccc(-n4c(-c5ccccc5)nc5ccccc54)cc3)c21. The molecule has 0 bridgehead atoms. The van der Waals surface area contributed by atoms with Gasteiger partial charge in [0, 0.05) is 38.7 Å². The number of aromatic nitrogens is 3. The van der Waals surface area contributed by atoms with Gasteiger partial charge in [-0.3, -0.25) is 4.57 Å². The highest BCUT2D eigenvalue weighted by molar-refractivity contribution is 6.15. The van der Waals surface area contributed by atoms with Gasteiger partial charge in [0.25, 0.3) is 0 Å². The van der Waals surface area contributed by atoms with Crippen molar-refractivity contribution in [3.05, 3.63) is 151 Å². The lowest BCUT2D eigenvalue weighted by Gasteiger charge is -2.21. The zero-order valence-corrected chi connectivity index (χ0v) is 24.1. The summed E-state index contributed by atoms with van der Waals surface area (Å²) in [4.78, 5) is 5.05. The highest BCUT2D eigenvalue weighted by Gasteiger charge is 2.37. The van der Waals surface area contributed by atoms with Gasteiger partial charge in [-0.2, -0.15) is 0 Å². The lowest BCUT2D eigenvalue weighted by Crippen LogP contribution is -2.14. The second kappa shape index (κ2) is 8.80. The van der Waals surface area contributed by atoms with E-state index in [2.05, 4.69) is 156 Å². The van der Waals surface area contributed by atoms with Crippen molar-refractivity contribution < 1.29 is 0 Å². The highest BCUT2D eigenvalue weighted by atomic mass is 15.1. The van der Waals surface area contributed by atoms with Crippen molar-refractivity contribution in [2.24, 2.45) is 0 Å². The van der Waals surface area contributed by atoms with Crippen LogP contribution < -0.4 is 0 Å². The summed E-state index contributed by atoms with van der Waals surface area (Å²) in [5, 5.41) is 2.57. The summed E-state index contributed by atoms with van der Waals surface area (Å²) in [5.74, 6) is 0.947. The molecule has 0 fully saturated rings. The predicted octanol–water partition coefficient (Wildman–Crippen LogP) is 10.1. The van der Waals surface area contributed by atoms with Crippen LogP contribution in [0.3, 0.4) is 0 Å². The van der Waals surface area contributed by atoms with Crippen molar-refractivity contribution in [2.75, 3.05) is 0 Å². The van der Waals surface area contributed by atoms with Gasteiger partial charge in [0.1, 0.15) is 5.82 Å². The normalized spacial score (nSPS) is 13.5. The summed E-state index contributed by atoms with van der Waals surface area (Å²) in [7, 11) is 0. The van der Waals surface area contributed by atoms with E-state index in [1.807, 2.05) is 6.07 Å². The molecule has 3 nitrogen and oxygen atoms in total. The number of fused-ring (bicyclic) bond motifs is 8. The third-order valence-corrected chi connectivity index (χ3v) is 9.34. The lowest BCUT2D eigenvalue weighted by atomic mass is 9.82. The maximum absolute atomic E-state index is 5.05. The third-order valence-electron chi connectivity index (χ3n) is 9.34. The van der Waals surface area contributed by atoms with Gasteiger partial charge in [0.2, 0.25) is 0 Å². The molecular formula is C40H29N3. The van der Waals surface area contributed by atoms with E-state index in [1.165, 1.54) is 44.1 Å². The quantitative estimate of drug-likeness (QED) is 0.214. The lowest BCUT2D eigenvalue weighted by molar-refractivity contribution is 0.661. The molecule has 2 aromatic heterocycles. The number of imidazole rings is 1. The number of nitrogens with zero attached hydrogens (tertiary/aromatic N) is 3. The first-order valence-corrected chi connectivity index (χ1v) is 14.9. The summed E-state index contributed by atoms with van der Waals surface area (Å²) in [6.45, 7) is 4.70. The molecule has 0 spiro atoms. The Morgan fingerprint density at radius 1 is 0.512 bits per heavy atom. The Bertz CT molecular complexity index is 2350. The average Bonchev–Trinajstić information content (AvgIpc) is 3.68. The van der Waals surface area contributed by atoms with Crippen LogP contribution >= 0.6 is 0 Å². The van der Waals surface area contributed by atoms with Crippen molar-refractivity contribution in [3.8, 4) is 33.9 Å². The van der Waals surface area contributed by atoms with Gasteiger partial charge in [0.15, 0.2) is 0 Å². The van der Waals surface area contributed by atoms with Crippen LogP contribution in [0.25, 0.3) is 66.7 Å². The number of hydrogen-bond acceptors (Lipinski definition) is 1. The first-order valence-electron chi connectivity index (χ1n) is 14.9. The highest BCUT2D eigenvalue weighted by Crippen LogP contribution is 2.52. The fourth-order valence-corrected chi connectivity index (χ4v) is 7.33. The Morgan fingerprint density at radius 3 is 1.98 bits per heavy atom. The minimum Gasteiger partial charge on any atom is -0.309 e. The minimum absolute atomic E-state index is 0.0540. The first-order chi connectivity index (χ1) is 21.1. The Hall–Kier alpha value is -5.41. The zero-order valence-electron chi connectivity index (χ0n) is 24.1. The van der Waals surface area contributed by atoms with Crippen molar-refractivity contribution in [1.29, 1.82) is 0 Å². The molecule has 43 heavy (non-hydrogen) atoms. The molecule has 1 aliphatic carbocycles. The minimum atomic E-state index is -0.0540. The van der Waals surface area contributed by atoms with E-state index >= 15 is 0 Å². The van der Waals surface area contributed by atoms with Gasteiger partial charge < -0.3 is 4.57 Å². The van der Waals surface area contributed by atoms with Crippen LogP contribution in [0.1, 0.15) is 25.0 Å². The van der Waals surface area contributed by atoms with E-state index in [-0.39, 0.29) is 5.41 Å². The number of para-hydroxylation sites is 3. The van der Waals surface area contributed by atoms with E-state index in [0.29, 0.717) is 0 Å². The van der Waals surface area contributed by atoms with Gasteiger partial charge in [-0.25, -0.2) is 4.98 Å². The van der Waals surface area contributed by atoms with Crippen molar-refractivity contribution in [1.82, 2.24) is 14.1 Å². The second-order valence-electron chi connectivity index (χ2n) is 12.0. The summed E-state index contributed by atoms with van der Waals surface area (Å²) >= 11 is 0. The largest absolute Gasteiger partial charge is 0.309 e. The van der Waals surface area contributed by atoms with Crippen molar-refractivity contribution in [2.45, 2.75) is 19.3 Å². The van der Waals surface area contributed by atoms with Crippen LogP contribution in [-0.4, -0.2) is 14.1 Å². The van der Waals surface area contributed by atoms with Crippen molar-refractivity contribution in [3.63, 3.8) is 0 Å². The smallest absolute Gasteiger partial charge is 0.145 e. The van der Waals surface area contributed by atoms with Crippen LogP contribution in [0.4, 0.5) is 0 Å².